The second-order valence-electron chi connectivity index (χ2n) is 8.07. The van der Waals surface area contributed by atoms with Crippen molar-refractivity contribution in [2.24, 2.45) is 23.2 Å². The Hall–Kier alpha value is -1.60. The van der Waals surface area contributed by atoms with Crippen molar-refractivity contribution < 1.29 is 9.90 Å². The van der Waals surface area contributed by atoms with Gasteiger partial charge >= 0.3 is 5.97 Å². The highest BCUT2D eigenvalue weighted by molar-refractivity contribution is 7.73. The third-order valence-corrected chi connectivity index (χ3v) is 9.51. The van der Waals surface area contributed by atoms with Crippen LogP contribution in [0.3, 0.4) is 0 Å². The van der Waals surface area contributed by atoms with Gasteiger partial charge in [-0.15, -0.1) is 0 Å². The Morgan fingerprint density at radius 1 is 0.962 bits per heavy atom. The Bertz CT molecular complexity index is 723. The summed E-state index contributed by atoms with van der Waals surface area (Å²) in [7, 11) is -0.659. The Morgan fingerprint density at radius 2 is 1.46 bits per heavy atom. The maximum absolute atomic E-state index is 12.3. The van der Waals surface area contributed by atoms with Crippen LogP contribution in [0.15, 0.2) is 60.7 Å². The summed E-state index contributed by atoms with van der Waals surface area (Å²) in [6.07, 6.45) is 2.13. The zero-order chi connectivity index (χ0) is 17.6. The SMILES string of the molecule is CC1(C)[C@@H]2C[C@@H](P(c3ccccc3)c3ccccc3)[C@H](C(=O)O)[C@H]1C2.[B]. The molecule has 2 nitrogen and oxygen atoms in total. The van der Waals surface area contributed by atoms with Crippen LogP contribution in [0, 0.1) is 23.2 Å². The van der Waals surface area contributed by atoms with Gasteiger partial charge in [-0.1, -0.05) is 74.5 Å². The lowest BCUT2D eigenvalue weighted by atomic mass is 9.45. The molecule has 133 valence electrons. The predicted molar refractivity (Wildman–Crippen MR) is 110 cm³/mol. The standard InChI is InChI=1S/C22H25O2P.B/c1-22(2)15-13-18(22)20(21(23)24)19(14-15)25(16-9-5-3-6-10-16)17-11-7-4-8-12-17;/h3-12,15,18-20H,13-14H2,1-2H3,(H,23,24);/t15-,18+,19+,20+;/m0./s1. The van der Waals surface area contributed by atoms with Gasteiger partial charge in [0, 0.05) is 14.1 Å². The third-order valence-electron chi connectivity index (χ3n) is 6.61. The van der Waals surface area contributed by atoms with Crippen LogP contribution in [0.25, 0.3) is 0 Å². The van der Waals surface area contributed by atoms with Gasteiger partial charge in [0.25, 0.3) is 0 Å². The monoisotopic (exact) mass is 363 g/mol. The van der Waals surface area contributed by atoms with Crippen LogP contribution in [0.1, 0.15) is 26.7 Å². The highest BCUT2D eigenvalue weighted by Gasteiger charge is 2.61. The Morgan fingerprint density at radius 3 is 1.88 bits per heavy atom. The molecule has 0 aromatic heterocycles. The van der Waals surface area contributed by atoms with Gasteiger partial charge in [-0.2, -0.15) is 0 Å². The molecule has 3 saturated carbocycles. The summed E-state index contributed by atoms with van der Waals surface area (Å²) >= 11 is 0. The van der Waals surface area contributed by atoms with Crippen LogP contribution >= 0.6 is 7.92 Å². The summed E-state index contributed by atoms with van der Waals surface area (Å²) in [5, 5.41) is 12.7. The van der Waals surface area contributed by atoms with Gasteiger partial charge in [0.2, 0.25) is 0 Å². The van der Waals surface area contributed by atoms with E-state index in [0.29, 0.717) is 11.8 Å². The molecule has 2 aromatic carbocycles. The molecule has 4 atom stereocenters. The van der Waals surface area contributed by atoms with E-state index in [0.717, 1.165) is 12.8 Å². The maximum Gasteiger partial charge on any atom is 0.307 e. The van der Waals surface area contributed by atoms with Crippen molar-refractivity contribution in [2.45, 2.75) is 32.3 Å². The summed E-state index contributed by atoms with van der Waals surface area (Å²) in [4.78, 5) is 12.3. The van der Waals surface area contributed by atoms with E-state index in [2.05, 4.69) is 62.4 Å². The third kappa shape index (κ3) is 3.01. The molecule has 26 heavy (non-hydrogen) atoms. The number of benzene rings is 2. The number of carboxylic acids is 1. The molecule has 3 fully saturated rings. The number of fused-ring (bicyclic) bond motifs is 2. The largest absolute Gasteiger partial charge is 0.481 e. The molecule has 3 aliphatic rings. The van der Waals surface area contributed by atoms with Gasteiger partial charge in [-0.3, -0.25) is 4.79 Å². The molecule has 1 N–H and O–H groups in total. The van der Waals surface area contributed by atoms with E-state index in [1.165, 1.54) is 10.6 Å². The van der Waals surface area contributed by atoms with Crippen molar-refractivity contribution in [1.29, 1.82) is 0 Å². The maximum atomic E-state index is 12.3. The molecule has 0 saturated heterocycles. The van der Waals surface area contributed by atoms with Crippen LogP contribution in [0.5, 0.6) is 0 Å². The number of rotatable bonds is 4. The van der Waals surface area contributed by atoms with Crippen molar-refractivity contribution in [3.63, 3.8) is 0 Å². The van der Waals surface area contributed by atoms with Crippen LogP contribution < -0.4 is 10.6 Å². The van der Waals surface area contributed by atoms with Crippen LogP contribution in [-0.4, -0.2) is 25.1 Å². The zero-order valence-electron chi connectivity index (χ0n) is 15.4. The number of hydrogen-bond acceptors (Lipinski definition) is 1. The van der Waals surface area contributed by atoms with E-state index < -0.39 is 13.9 Å². The number of hydrogen-bond donors (Lipinski definition) is 1. The predicted octanol–water partition coefficient (Wildman–Crippen LogP) is 3.87. The summed E-state index contributed by atoms with van der Waals surface area (Å²) in [6.45, 7) is 4.54. The fourth-order valence-corrected chi connectivity index (χ4v) is 8.26. The van der Waals surface area contributed by atoms with Gasteiger partial charge in [-0.25, -0.2) is 0 Å². The van der Waals surface area contributed by atoms with Crippen molar-refractivity contribution in [3.8, 4) is 0 Å². The normalized spacial score (nSPS) is 28.7. The van der Waals surface area contributed by atoms with Crippen LogP contribution in [-0.2, 0) is 4.79 Å². The first-order chi connectivity index (χ1) is 12.0. The average molecular weight is 363 g/mol. The fraction of sp³-hybridized carbons (Fsp3) is 0.409. The van der Waals surface area contributed by atoms with Crippen LogP contribution in [0.2, 0.25) is 0 Å². The van der Waals surface area contributed by atoms with Gasteiger partial charge in [0.1, 0.15) is 0 Å². The Kier molecular flexibility index (Phi) is 5.31. The Balaban J connectivity index is 0.00000196. The first-order valence-electron chi connectivity index (χ1n) is 9.12. The van der Waals surface area contributed by atoms with Gasteiger partial charge in [0.15, 0.2) is 0 Å². The number of carbonyl (C=O) groups is 1. The van der Waals surface area contributed by atoms with Gasteiger partial charge in [-0.05, 0) is 48.6 Å². The molecule has 3 radical (unpaired) electrons. The van der Waals surface area contributed by atoms with E-state index in [1.807, 2.05) is 12.1 Å². The molecule has 5 rings (SSSR count). The van der Waals surface area contributed by atoms with E-state index in [4.69, 9.17) is 0 Å². The molecular weight excluding hydrogens is 338 g/mol. The molecule has 2 aromatic rings. The zero-order valence-corrected chi connectivity index (χ0v) is 16.3. The first kappa shape index (κ1) is 19.2. The molecule has 0 unspecified atom stereocenters. The smallest absolute Gasteiger partial charge is 0.307 e. The van der Waals surface area contributed by atoms with Crippen molar-refractivity contribution >= 4 is 32.9 Å². The quantitative estimate of drug-likeness (QED) is 0.661. The van der Waals surface area contributed by atoms with Gasteiger partial charge in [0.05, 0.1) is 5.92 Å². The Labute approximate surface area is 159 Å². The topological polar surface area (TPSA) is 37.3 Å². The summed E-state index contributed by atoms with van der Waals surface area (Å²) in [5.41, 5.74) is 0.405. The summed E-state index contributed by atoms with van der Waals surface area (Å²) in [6, 6.07) is 21.1. The average Bonchev–Trinajstić information content (AvgIpc) is 2.63. The molecule has 4 heteroatoms. The minimum Gasteiger partial charge on any atom is -0.481 e. The highest BCUT2D eigenvalue weighted by Crippen LogP contribution is 2.66. The van der Waals surface area contributed by atoms with Gasteiger partial charge < -0.3 is 5.11 Å². The van der Waals surface area contributed by atoms with E-state index in [-0.39, 0.29) is 25.4 Å². The number of aliphatic carboxylic acids is 1. The highest BCUT2D eigenvalue weighted by atomic mass is 31.1. The molecular formula is C22H25BO2P. The molecule has 0 aliphatic heterocycles. The second kappa shape index (κ2) is 7.20. The fourth-order valence-electron chi connectivity index (χ4n) is 5.08. The molecule has 0 amide bonds. The van der Waals surface area contributed by atoms with E-state index in [9.17, 15) is 9.90 Å². The van der Waals surface area contributed by atoms with Crippen molar-refractivity contribution in [3.05, 3.63) is 60.7 Å². The van der Waals surface area contributed by atoms with E-state index >= 15 is 0 Å². The molecule has 0 spiro atoms. The molecule has 0 heterocycles. The summed E-state index contributed by atoms with van der Waals surface area (Å²) < 4.78 is 0. The lowest BCUT2D eigenvalue weighted by molar-refractivity contribution is -0.163. The first-order valence-corrected chi connectivity index (χ1v) is 10.5. The minimum atomic E-state index is -0.659. The second-order valence-corrected chi connectivity index (χ2v) is 10.5. The molecule has 2 bridgehead atoms. The molecule has 3 aliphatic carbocycles. The minimum absolute atomic E-state index is 0. The van der Waals surface area contributed by atoms with Crippen molar-refractivity contribution in [2.75, 3.05) is 0 Å². The van der Waals surface area contributed by atoms with Crippen molar-refractivity contribution in [1.82, 2.24) is 0 Å². The lowest BCUT2D eigenvalue weighted by Gasteiger charge is -2.62. The summed E-state index contributed by atoms with van der Waals surface area (Å²) in [5.74, 6) is 0.147. The van der Waals surface area contributed by atoms with E-state index in [1.54, 1.807) is 0 Å². The number of carboxylic acid groups (broad SMARTS) is 1. The van der Waals surface area contributed by atoms with Crippen LogP contribution in [0.4, 0.5) is 0 Å². The lowest BCUT2D eigenvalue weighted by Crippen LogP contribution is -2.59.